The van der Waals surface area contributed by atoms with Crippen molar-refractivity contribution in [2.75, 3.05) is 32.7 Å². The first-order chi connectivity index (χ1) is 13.4. The smallest absolute Gasteiger partial charge is 0.330 e. The Bertz CT molecular complexity index is 838. The van der Waals surface area contributed by atoms with Crippen molar-refractivity contribution >= 4 is 29.3 Å². The number of aliphatic hydroxyl groups excluding tert-OH is 1. The van der Waals surface area contributed by atoms with Crippen LogP contribution in [0.2, 0.25) is 5.02 Å². The van der Waals surface area contributed by atoms with E-state index in [1.807, 2.05) is 19.1 Å². The minimum Gasteiger partial charge on any atom is -0.493 e. The van der Waals surface area contributed by atoms with Gasteiger partial charge in [0.1, 0.15) is 12.7 Å². The fourth-order valence-corrected chi connectivity index (χ4v) is 2.66. The highest BCUT2D eigenvalue weighted by Gasteiger charge is 2.10. The van der Waals surface area contributed by atoms with Crippen molar-refractivity contribution in [2.24, 2.45) is 0 Å². The summed E-state index contributed by atoms with van der Waals surface area (Å²) in [7, 11) is 2.84. The highest BCUT2D eigenvalue weighted by Crippen LogP contribution is 2.28. The zero-order valence-electron chi connectivity index (χ0n) is 16.1. The van der Waals surface area contributed by atoms with Crippen molar-refractivity contribution in [3.63, 3.8) is 0 Å². The molecule has 0 radical (unpaired) electrons. The van der Waals surface area contributed by atoms with Crippen LogP contribution in [0.5, 0.6) is 11.5 Å². The van der Waals surface area contributed by atoms with Crippen molar-refractivity contribution in [1.29, 1.82) is 0 Å². The first kappa shape index (κ1) is 21.6. The van der Waals surface area contributed by atoms with Gasteiger partial charge in [0.05, 0.1) is 14.2 Å². The highest BCUT2D eigenvalue weighted by atomic mass is 35.5. The normalized spacial score (nSPS) is 11.9. The van der Waals surface area contributed by atoms with E-state index in [1.54, 1.807) is 30.3 Å². The summed E-state index contributed by atoms with van der Waals surface area (Å²) in [4.78, 5) is 11.2. The van der Waals surface area contributed by atoms with Crippen LogP contribution >= 0.6 is 11.6 Å². The first-order valence-corrected chi connectivity index (χ1v) is 9.05. The van der Waals surface area contributed by atoms with Gasteiger partial charge in [0.15, 0.2) is 11.5 Å². The second-order valence-electron chi connectivity index (χ2n) is 6.07. The lowest BCUT2D eigenvalue weighted by Gasteiger charge is -2.17. The number of carbonyl (C=O) groups excluding carboxylic acids is 1. The fraction of sp³-hybridized carbons (Fsp3) is 0.286. The van der Waals surface area contributed by atoms with Crippen molar-refractivity contribution in [3.05, 3.63) is 58.6 Å². The van der Waals surface area contributed by atoms with E-state index in [0.717, 1.165) is 16.8 Å². The van der Waals surface area contributed by atoms with Crippen LogP contribution in [0.25, 0.3) is 6.08 Å². The molecule has 0 saturated carbocycles. The quantitative estimate of drug-likeness (QED) is 0.489. The van der Waals surface area contributed by atoms with E-state index in [2.05, 4.69) is 10.1 Å². The number of nitrogens with one attached hydrogen (secondary N) is 1. The molecule has 0 amide bonds. The van der Waals surface area contributed by atoms with Gasteiger partial charge in [-0.3, -0.25) is 0 Å². The van der Waals surface area contributed by atoms with E-state index in [-0.39, 0.29) is 6.61 Å². The standard InChI is InChI=1S/C21H24ClNO5/c1-14-10-16(22)6-7-18(14)23-12-17(24)13-28-19-8-4-15(11-20(19)26-2)5-9-21(25)27-3/h4-11,17,23-24H,12-13H2,1-3H3/b9-5+. The van der Waals surface area contributed by atoms with Crippen LogP contribution in [-0.2, 0) is 9.53 Å². The predicted octanol–water partition coefficient (Wildman–Crippen LogP) is 3.70. The maximum Gasteiger partial charge on any atom is 0.330 e. The monoisotopic (exact) mass is 405 g/mol. The molecule has 0 aliphatic carbocycles. The Kier molecular flexibility index (Phi) is 8.17. The number of esters is 1. The van der Waals surface area contributed by atoms with Crippen molar-refractivity contribution in [2.45, 2.75) is 13.0 Å². The summed E-state index contributed by atoms with van der Waals surface area (Å²) >= 11 is 5.94. The minimum atomic E-state index is -0.723. The van der Waals surface area contributed by atoms with Gasteiger partial charge >= 0.3 is 5.97 Å². The summed E-state index contributed by atoms with van der Waals surface area (Å²) in [6.45, 7) is 2.36. The van der Waals surface area contributed by atoms with Crippen molar-refractivity contribution in [1.82, 2.24) is 0 Å². The molecule has 0 aromatic heterocycles. The number of aryl methyl sites for hydroxylation is 1. The Labute approximate surface area is 169 Å². The van der Waals surface area contributed by atoms with Crippen LogP contribution in [0.1, 0.15) is 11.1 Å². The molecule has 0 spiro atoms. The summed E-state index contributed by atoms with van der Waals surface area (Å²) in [6, 6.07) is 10.7. The number of benzene rings is 2. The molecule has 0 fully saturated rings. The van der Waals surface area contributed by atoms with Crippen LogP contribution in [-0.4, -0.2) is 44.6 Å². The summed E-state index contributed by atoms with van der Waals surface area (Å²) in [5.74, 6) is 0.561. The van der Waals surface area contributed by atoms with Gasteiger partial charge in [-0.1, -0.05) is 17.7 Å². The van der Waals surface area contributed by atoms with E-state index in [0.29, 0.717) is 23.1 Å². The maximum absolute atomic E-state index is 11.2. The molecule has 2 aromatic rings. The third-order valence-corrected chi connectivity index (χ3v) is 4.18. The largest absolute Gasteiger partial charge is 0.493 e. The Morgan fingerprint density at radius 2 is 2.00 bits per heavy atom. The number of hydrogen-bond donors (Lipinski definition) is 2. The topological polar surface area (TPSA) is 77.0 Å². The molecule has 2 N–H and O–H groups in total. The van der Waals surface area contributed by atoms with Crippen LogP contribution < -0.4 is 14.8 Å². The van der Waals surface area contributed by atoms with Gasteiger partial charge in [0.2, 0.25) is 0 Å². The predicted molar refractivity (Wildman–Crippen MR) is 110 cm³/mol. The molecule has 0 saturated heterocycles. The lowest BCUT2D eigenvalue weighted by atomic mass is 10.2. The molecule has 0 aliphatic rings. The summed E-state index contributed by atoms with van der Waals surface area (Å²) in [5.41, 5.74) is 2.66. The maximum atomic E-state index is 11.2. The summed E-state index contributed by atoms with van der Waals surface area (Å²) < 4.78 is 15.6. The van der Waals surface area contributed by atoms with E-state index in [1.165, 1.54) is 20.3 Å². The molecule has 0 heterocycles. The molecule has 2 rings (SSSR count). The van der Waals surface area contributed by atoms with Crippen LogP contribution in [0.3, 0.4) is 0 Å². The highest BCUT2D eigenvalue weighted by molar-refractivity contribution is 6.30. The summed E-state index contributed by atoms with van der Waals surface area (Å²) in [5, 5.41) is 14.0. The van der Waals surface area contributed by atoms with Crippen molar-refractivity contribution < 1.29 is 24.1 Å². The van der Waals surface area contributed by atoms with Gasteiger partial charge in [-0.25, -0.2) is 4.79 Å². The molecular formula is C21H24ClNO5. The lowest BCUT2D eigenvalue weighted by molar-refractivity contribution is -0.134. The molecule has 150 valence electrons. The SMILES string of the molecule is COC(=O)/C=C/c1ccc(OCC(O)CNc2ccc(Cl)cc2C)c(OC)c1. The second-order valence-corrected chi connectivity index (χ2v) is 6.51. The first-order valence-electron chi connectivity index (χ1n) is 8.68. The molecule has 1 unspecified atom stereocenters. The number of anilines is 1. The molecule has 6 nitrogen and oxygen atoms in total. The van der Waals surface area contributed by atoms with Gasteiger partial charge in [-0.15, -0.1) is 0 Å². The number of aliphatic hydroxyl groups is 1. The molecule has 28 heavy (non-hydrogen) atoms. The third-order valence-electron chi connectivity index (χ3n) is 3.95. The zero-order chi connectivity index (χ0) is 20.5. The van der Waals surface area contributed by atoms with Crippen LogP contribution in [0, 0.1) is 6.92 Å². The number of rotatable bonds is 9. The molecular weight excluding hydrogens is 382 g/mol. The molecule has 0 aliphatic heterocycles. The van der Waals surface area contributed by atoms with E-state index in [9.17, 15) is 9.90 Å². The van der Waals surface area contributed by atoms with Gasteiger partial charge in [0, 0.05) is 23.3 Å². The van der Waals surface area contributed by atoms with Crippen molar-refractivity contribution in [3.8, 4) is 11.5 Å². The number of carbonyl (C=O) groups is 1. The van der Waals surface area contributed by atoms with E-state index >= 15 is 0 Å². The molecule has 7 heteroatoms. The molecule has 0 bridgehead atoms. The Morgan fingerprint density at radius 3 is 2.68 bits per heavy atom. The number of methoxy groups -OCH3 is 2. The third kappa shape index (κ3) is 6.48. The van der Waals surface area contributed by atoms with Crippen LogP contribution in [0.15, 0.2) is 42.5 Å². The van der Waals surface area contributed by atoms with E-state index < -0.39 is 12.1 Å². The van der Waals surface area contributed by atoms with Gasteiger partial charge in [-0.2, -0.15) is 0 Å². The number of ether oxygens (including phenoxy) is 3. The lowest BCUT2D eigenvalue weighted by Crippen LogP contribution is -2.26. The average Bonchev–Trinajstić information content (AvgIpc) is 2.69. The van der Waals surface area contributed by atoms with Crippen LogP contribution in [0.4, 0.5) is 5.69 Å². The summed E-state index contributed by atoms with van der Waals surface area (Å²) in [6.07, 6.45) is 2.22. The molecule has 2 aromatic carbocycles. The van der Waals surface area contributed by atoms with Gasteiger partial charge < -0.3 is 24.6 Å². The van der Waals surface area contributed by atoms with Gasteiger partial charge in [0.25, 0.3) is 0 Å². The molecule has 1 atom stereocenters. The number of hydrogen-bond acceptors (Lipinski definition) is 6. The zero-order valence-corrected chi connectivity index (χ0v) is 16.8. The number of halogens is 1. The average molecular weight is 406 g/mol. The van der Waals surface area contributed by atoms with Gasteiger partial charge in [-0.05, 0) is 54.5 Å². The Morgan fingerprint density at radius 1 is 1.21 bits per heavy atom. The minimum absolute atomic E-state index is 0.0906. The fourth-order valence-electron chi connectivity index (χ4n) is 2.44. The Hall–Kier alpha value is -2.70. The Balaban J connectivity index is 1.91. The second kappa shape index (κ2) is 10.6. The van der Waals surface area contributed by atoms with E-state index in [4.69, 9.17) is 21.1 Å².